The number of amidine groups is 1. The number of hydrogen-bond acceptors (Lipinski definition) is 4. The Kier molecular flexibility index (Phi) is 7.28. The molecule has 57 heavy (non-hydrogen) atoms. The molecule has 0 fully saturated rings. The van der Waals surface area contributed by atoms with E-state index in [1.54, 1.807) is 0 Å². The molecular weight excluding hydrogens is 693 g/mol. The van der Waals surface area contributed by atoms with E-state index in [0.717, 1.165) is 40.6 Å². The average Bonchev–Trinajstić information content (AvgIpc) is 3.61. The third-order valence-corrected chi connectivity index (χ3v) is 12.4. The van der Waals surface area contributed by atoms with Gasteiger partial charge in [-0.3, -0.25) is 14.9 Å². The highest BCUT2D eigenvalue weighted by Crippen LogP contribution is 2.54. The number of nitrogens with zero attached hydrogens (tertiary/aromatic N) is 4. The summed E-state index contributed by atoms with van der Waals surface area (Å²) < 4.78 is 0. The molecule has 4 nitrogen and oxygen atoms in total. The van der Waals surface area contributed by atoms with Gasteiger partial charge in [0.15, 0.2) is 0 Å². The van der Waals surface area contributed by atoms with Crippen molar-refractivity contribution in [2.24, 2.45) is 4.99 Å². The van der Waals surface area contributed by atoms with E-state index in [-0.39, 0.29) is 5.41 Å². The first-order valence-corrected chi connectivity index (χ1v) is 20.0. The Morgan fingerprint density at radius 2 is 1.16 bits per heavy atom. The molecule has 0 N–H and O–H groups in total. The Morgan fingerprint density at radius 3 is 1.95 bits per heavy atom. The number of hydrogen-bond donors (Lipinski definition) is 0. The van der Waals surface area contributed by atoms with Gasteiger partial charge < -0.3 is 4.90 Å². The monoisotopic (exact) mass is 734 g/mol. The second-order valence-corrected chi connectivity index (χ2v) is 16.7. The summed E-state index contributed by atoms with van der Waals surface area (Å²) in [5, 5.41) is 2.47. The van der Waals surface area contributed by atoms with Crippen molar-refractivity contribution in [2.45, 2.75) is 45.1 Å². The van der Waals surface area contributed by atoms with Gasteiger partial charge in [0, 0.05) is 34.2 Å². The van der Waals surface area contributed by atoms with Crippen molar-refractivity contribution in [1.29, 1.82) is 0 Å². The molecule has 0 saturated carbocycles. The lowest BCUT2D eigenvalue weighted by atomic mass is 9.72. The first kappa shape index (κ1) is 33.5. The quantitative estimate of drug-likeness (QED) is 0.176. The molecule has 1 aromatic heterocycles. The summed E-state index contributed by atoms with van der Waals surface area (Å²) in [5.74, 6) is 0.984. The summed E-state index contributed by atoms with van der Waals surface area (Å²) in [6.07, 6.45) is 2.85. The third-order valence-electron chi connectivity index (χ3n) is 12.4. The Balaban J connectivity index is 0.924. The number of aliphatic imine (C=N–C) groups is 1. The van der Waals surface area contributed by atoms with E-state index in [1.165, 1.54) is 66.7 Å². The van der Waals surface area contributed by atoms with Crippen molar-refractivity contribution in [1.82, 2.24) is 4.98 Å². The second-order valence-electron chi connectivity index (χ2n) is 16.7. The van der Waals surface area contributed by atoms with Gasteiger partial charge in [-0.1, -0.05) is 123 Å². The molecule has 0 amide bonds. The van der Waals surface area contributed by atoms with Gasteiger partial charge in [0.05, 0.1) is 17.1 Å². The van der Waals surface area contributed by atoms with E-state index < -0.39 is 5.54 Å². The van der Waals surface area contributed by atoms with Crippen molar-refractivity contribution in [3.05, 3.63) is 203 Å². The maximum atomic E-state index is 5.48. The van der Waals surface area contributed by atoms with Crippen molar-refractivity contribution in [3.8, 4) is 22.3 Å². The largest absolute Gasteiger partial charge is 0.310 e. The normalized spacial score (nSPS) is 15.3. The SMILES string of the molecule is CC1(C)N=C(c2ccc3c(c2)Cc2cc(-c4ccc(N(c5ccccc5)c5ccc6ccccc6c5)cc4)ccc2-3)N2c3ccccc3C(C)(C)c3ccnc1c32. The molecule has 274 valence electrons. The van der Waals surface area contributed by atoms with Crippen LogP contribution in [0.2, 0.25) is 0 Å². The fraction of sp³-hybridized carbons (Fsp3) is 0.132. The molecule has 0 unspecified atom stereocenters. The molecule has 0 atom stereocenters. The number of fused-ring (bicyclic) bond motifs is 6. The van der Waals surface area contributed by atoms with Crippen LogP contribution in [0.1, 0.15) is 61.2 Å². The molecule has 3 aliphatic rings. The lowest BCUT2D eigenvalue weighted by Gasteiger charge is -2.46. The lowest BCUT2D eigenvalue weighted by Crippen LogP contribution is -2.43. The predicted octanol–water partition coefficient (Wildman–Crippen LogP) is 13.4. The van der Waals surface area contributed by atoms with Gasteiger partial charge in [-0.2, -0.15) is 0 Å². The van der Waals surface area contributed by atoms with Gasteiger partial charge in [0.25, 0.3) is 0 Å². The van der Waals surface area contributed by atoms with E-state index in [9.17, 15) is 0 Å². The highest BCUT2D eigenvalue weighted by atomic mass is 15.3. The van der Waals surface area contributed by atoms with Gasteiger partial charge in [-0.25, -0.2) is 0 Å². The Morgan fingerprint density at radius 1 is 0.526 bits per heavy atom. The summed E-state index contributed by atoms with van der Waals surface area (Å²) in [5.41, 5.74) is 17.6. The molecule has 3 heterocycles. The minimum atomic E-state index is -0.473. The van der Waals surface area contributed by atoms with Crippen LogP contribution in [-0.2, 0) is 17.4 Å². The standard InChI is InChI=1S/C53H42N4/c1-52(2)46-16-10-11-17-48(46)57-49-47(52)28-29-54-50(49)53(3,4)55-51(57)38-22-27-45-40(31-38)32-39-30-37(21-26-44(39)45)35-18-23-42(24-19-35)56(41-14-6-5-7-15-41)43-25-20-34-12-8-9-13-36(34)33-43/h5-31,33H,32H2,1-4H3. The molecule has 0 saturated heterocycles. The van der Waals surface area contributed by atoms with Crippen molar-refractivity contribution < 1.29 is 0 Å². The molecule has 7 aromatic carbocycles. The Hall–Kier alpha value is -6.78. The molecule has 4 heteroatoms. The zero-order chi connectivity index (χ0) is 38.5. The first-order valence-electron chi connectivity index (χ1n) is 20.0. The van der Waals surface area contributed by atoms with E-state index in [4.69, 9.17) is 9.98 Å². The zero-order valence-electron chi connectivity index (χ0n) is 32.7. The highest BCUT2D eigenvalue weighted by molar-refractivity contribution is 6.18. The summed E-state index contributed by atoms with van der Waals surface area (Å²) in [6.45, 7) is 9.05. The van der Waals surface area contributed by atoms with Crippen LogP contribution in [0.3, 0.4) is 0 Å². The topological polar surface area (TPSA) is 31.7 Å². The van der Waals surface area contributed by atoms with Crippen LogP contribution >= 0.6 is 0 Å². The molecule has 0 bridgehead atoms. The van der Waals surface area contributed by atoms with Gasteiger partial charge in [-0.15, -0.1) is 0 Å². The highest BCUT2D eigenvalue weighted by Gasteiger charge is 2.45. The zero-order valence-corrected chi connectivity index (χ0v) is 32.7. The Bertz CT molecular complexity index is 2940. The van der Waals surface area contributed by atoms with Gasteiger partial charge in [0.2, 0.25) is 0 Å². The summed E-state index contributed by atoms with van der Waals surface area (Å²) in [6, 6.07) is 59.8. The van der Waals surface area contributed by atoms with Crippen LogP contribution in [0.4, 0.5) is 28.4 Å². The van der Waals surface area contributed by atoms with Gasteiger partial charge in [-0.05, 0) is 130 Å². The minimum absolute atomic E-state index is 0.158. The minimum Gasteiger partial charge on any atom is -0.310 e. The predicted molar refractivity (Wildman–Crippen MR) is 237 cm³/mol. The molecule has 2 aliphatic heterocycles. The van der Waals surface area contributed by atoms with Crippen molar-refractivity contribution in [2.75, 3.05) is 9.80 Å². The van der Waals surface area contributed by atoms with E-state index in [0.29, 0.717) is 0 Å². The summed E-state index contributed by atoms with van der Waals surface area (Å²) in [7, 11) is 0. The van der Waals surface area contributed by atoms with Crippen LogP contribution in [-0.4, -0.2) is 10.8 Å². The number of aromatic nitrogens is 1. The third kappa shape index (κ3) is 5.20. The van der Waals surface area contributed by atoms with E-state index in [2.05, 4.69) is 201 Å². The molecule has 0 radical (unpaired) electrons. The molecule has 8 aromatic rings. The van der Waals surface area contributed by atoms with Crippen LogP contribution in [0.25, 0.3) is 33.0 Å². The van der Waals surface area contributed by atoms with Crippen LogP contribution in [0.5, 0.6) is 0 Å². The fourth-order valence-corrected chi connectivity index (χ4v) is 9.55. The van der Waals surface area contributed by atoms with E-state index >= 15 is 0 Å². The second kappa shape index (κ2) is 12.4. The maximum Gasteiger partial charge on any atom is 0.141 e. The van der Waals surface area contributed by atoms with Crippen LogP contribution in [0, 0.1) is 0 Å². The smallest absolute Gasteiger partial charge is 0.141 e. The number of benzene rings is 7. The number of rotatable bonds is 5. The van der Waals surface area contributed by atoms with Crippen LogP contribution in [0.15, 0.2) is 175 Å². The molecular formula is C53H42N4. The molecule has 0 spiro atoms. The fourth-order valence-electron chi connectivity index (χ4n) is 9.55. The van der Waals surface area contributed by atoms with E-state index in [1.807, 2.05) is 6.20 Å². The molecule has 11 rings (SSSR count). The summed E-state index contributed by atoms with van der Waals surface area (Å²) >= 11 is 0. The van der Waals surface area contributed by atoms with Gasteiger partial charge >= 0.3 is 0 Å². The number of para-hydroxylation sites is 2. The molecule has 1 aliphatic carbocycles. The van der Waals surface area contributed by atoms with Gasteiger partial charge in [0.1, 0.15) is 11.4 Å². The first-order chi connectivity index (χ1) is 27.7. The number of pyridine rings is 1. The van der Waals surface area contributed by atoms with Crippen molar-refractivity contribution >= 4 is 45.0 Å². The lowest BCUT2D eigenvalue weighted by molar-refractivity contribution is 0.523. The number of anilines is 5. The Labute approximate surface area is 334 Å². The van der Waals surface area contributed by atoms with Crippen molar-refractivity contribution in [3.63, 3.8) is 0 Å². The summed E-state index contributed by atoms with van der Waals surface area (Å²) in [4.78, 5) is 15.1. The van der Waals surface area contributed by atoms with Crippen LogP contribution < -0.4 is 9.80 Å². The average molecular weight is 735 g/mol. The maximum absolute atomic E-state index is 5.48.